The van der Waals surface area contributed by atoms with E-state index in [0.717, 1.165) is 11.1 Å². The lowest BCUT2D eigenvalue weighted by Crippen LogP contribution is -2.09. The third-order valence-corrected chi connectivity index (χ3v) is 3.25. The molecule has 0 atom stereocenters. The third kappa shape index (κ3) is 2.88. The fraction of sp³-hybridized carbons (Fsp3) is 0.0588. The number of hydrogen-bond donors (Lipinski definition) is 1. The molecule has 2 aromatic carbocycles. The third-order valence-electron chi connectivity index (χ3n) is 3.25. The smallest absolute Gasteiger partial charge is 0.323 e. The second-order valence-corrected chi connectivity index (χ2v) is 4.84. The molecule has 0 radical (unpaired) electrons. The van der Waals surface area contributed by atoms with E-state index in [2.05, 4.69) is 4.98 Å². The maximum atomic E-state index is 13.0. The Bertz CT molecular complexity index is 795. The van der Waals surface area contributed by atoms with E-state index in [-0.39, 0.29) is 12.4 Å². The van der Waals surface area contributed by atoms with Gasteiger partial charge in [0, 0.05) is 17.3 Å². The Morgan fingerprint density at radius 2 is 1.73 bits per heavy atom. The molecule has 0 spiro atoms. The van der Waals surface area contributed by atoms with E-state index in [1.54, 1.807) is 22.9 Å². The number of halogens is 1. The van der Waals surface area contributed by atoms with Gasteiger partial charge >= 0.3 is 5.97 Å². The van der Waals surface area contributed by atoms with Crippen LogP contribution in [0.15, 0.2) is 60.8 Å². The van der Waals surface area contributed by atoms with E-state index in [4.69, 9.17) is 5.11 Å². The summed E-state index contributed by atoms with van der Waals surface area (Å²) < 4.78 is 14.6. The number of carboxylic acids is 1. The van der Waals surface area contributed by atoms with Gasteiger partial charge in [-0.25, -0.2) is 9.37 Å². The fourth-order valence-corrected chi connectivity index (χ4v) is 2.26. The van der Waals surface area contributed by atoms with Crippen molar-refractivity contribution in [1.29, 1.82) is 0 Å². The second-order valence-electron chi connectivity index (χ2n) is 4.84. The number of carboxylic acid groups (broad SMARTS) is 1. The molecule has 0 bridgehead atoms. The Balaban J connectivity index is 2.08. The van der Waals surface area contributed by atoms with Crippen LogP contribution < -0.4 is 0 Å². The summed E-state index contributed by atoms with van der Waals surface area (Å²) in [5, 5.41) is 9.06. The number of imidazole rings is 1. The first-order chi connectivity index (χ1) is 10.6. The number of nitrogens with zero attached hydrogens (tertiary/aromatic N) is 2. The first kappa shape index (κ1) is 14.0. The summed E-state index contributed by atoms with van der Waals surface area (Å²) in [7, 11) is 0. The van der Waals surface area contributed by atoms with Crippen LogP contribution in [-0.2, 0) is 11.3 Å². The van der Waals surface area contributed by atoms with E-state index in [9.17, 15) is 9.18 Å². The molecule has 0 aliphatic rings. The minimum atomic E-state index is -0.944. The van der Waals surface area contributed by atoms with Gasteiger partial charge in [-0.2, -0.15) is 0 Å². The SMILES string of the molecule is O=C(O)Cn1cc(-c2ccc(F)cc2)nc1-c1ccccc1. The maximum absolute atomic E-state index is 13.0. The standard InChI is InChI=1S/C17H13FN2O2/c18-14-8-6-12(7-9-14)15-10-20(11-16(21)22)17(19-15)13-4-2-1-3-5-13/h1-10H,11H2,(H,21,22). The van der Waals surface area contributed by atoms with Crippen molar-refractivity contribution in [3.05, 3.63) is 66.6 Å². The molecule has 0 fully saturated rings. The van der Waals surface area contributed by atoms with Crippen LogP contribution >= 0.6 is 0 Å². The summed E-state index contributed by atoms with van der Waals surface area (Å²) in [5.74, 6) is -0.695. The highest BCUT2D eigenvalue weighted by Gasteiger charge is 2.13. The van der Waals surface area contributed by atoms with Gasteiger partial charge in [-0.1, -0.05) is 30.3 Å². The van der Waals surface area contributed by atoms with Crippen molar-refractivity contribution in [3.8, 4) is 22.6 Å². The van der Waals surface area contributed by atoms with Crippen LogP contribution in [0.25, 0.3) is 22.6 Å². The molecule has 0 aliphatic carbocycles. The lowest BCUT2D eigenvalue weighted by molar-refractivity contribution is -0.137. The predicted molar refractivity (Wildman–Crippen MR) is 80.7 cm³/mol. The number of carbonyl (C=O) groups is 1. The molecular weight excluding hydrogens is 283 g/mol. The molecule has 110 valence electrons. The molecule has 4 nitrogen and oxygen atoms in total. The van der Waals surface area contributed by atoms with E-state index < -0.39 is 5.97 Å². The quantitative estimate of drug-likeness (QED) is 0.802. The number of rotatable bonds is 4. The van der Waals surface area contributed by atoms with Crippen molar-refractivity contribution in [3.63, 3.8) is 0 Å². The van der Waals surface area contributed by atoms with Gasteiger partial charge in [0.1, 0.15) is 18.2 Å². The molecule has 0 saturated heterocycles. The largest absolute Gasteiger partial charge is 0.480 e. The van der Waals surface area contributed by atoms with E-state index in [0.29, 0.717) is 11.5 Å². The van der Waals surface area contributed by atoms with Crippen LogP contribution in [0.3, 0.4) is 0 Å². The molecule has 0 amide bonds. The Hall–Kier alpha value is -2.95. The van der Waals surface area contributed by atoms with Crippen molar-refractivity contribution in [1.82, 2.24) is 9.55 Å². The average Bonchev–Trinajstić information content (AvgIpc) is 2.92. The van der Waals surface area contributed by atoms with Crippen molar-refractivity contribution in [2.24, 2.45) is 0 Å². The van der Waals surface area contributed by atoms with Gasteiger partial charge < -0.3 is 9.67 Å². The van der Waals surface area contributed by atoms with Crippen molar-refractivity contribution >= 4 is 5.97 Å². The first-order valence-electron chi connectivity index (χ1n) is 6.74. The molecule has 3 aromatic rings. The lowest BCUT2D eigenvalue weighted by Gasteiger charge is -2.04. The number of aromatic nitrogens is 2. The summed E-state index contributed by atoms with van der Waals surface area (Å²) in [4.78, 5) is 15.6. The van der Waals surface area contributed by atoms with Crippen LogP contribution in [0.5, 0.6) is 0 Å². The predicted octanol–water partition coefficient (Wildman–Crippen LogP) is 3.44. The van der Waals surface area contributed by atoms with Gasteiger partial charge in [-0.15, -0.1) is 0 Å². The Morgan fingerprint density at radius 3 is 2.36 bits per heavy atom. The minimum Gasteiger partial charge on any atom is -0.480 e. The van der Waals surface area contributed by atoms with Gasteiger partial charge in [-0.05, 0) is 24.3 Å². The van der Waals surface area contributed by atoms with Gasteiger partial charge in [0.15, 0.2) is 0 Å². The van der Waals surface area contributed by atoms with Gasteiger partial charge in [-0.3, -0.25) is 4.79 Å². The molecule has 1 heterocycles. The topological polar surface area (TPSA) is 55.1 Å². The zero-order valence-electron chi connectivity index (χ0n) is 11.6. The summed E-state index contributed by atoms with van der Waals surface area (Å²) in [6.45, 7) is -0.182. The minimum absolute atomic E-state index is 0.182. The Labute approximate surface area is 126 Å². The molecule has 1 aromatic heterocycles. The van der Waals surface area contributed by atoms with E-state index >= 15 is 0 Å². The highest BCUT2D eigenvalue weighted by atomic mass is 19.1. The van der Waals surface area contributed by atoms with Crippen LogP contribution in [0.2, 0.25) is 0 Å². The molecule has 0 saturated carbocycles. The first-order valence-corrected chi connectivity index (χ1v) is 6.74. The van der Waals surface area contributed by atoms with Crippen molar-refractivity contribution < 1.29 is 14.3 Å². The highest BCUT2D eigenvalue weighted by Crippen LogP contribution is 2.25. The molecule has 0 unspecified atom stereocenters. The summed E-state index contributed by atoms with van der Waals surface area (Å²) in [6, 6.07) is 15.3. The van der Waals surface area contributed by atoms with E-state index in [1.165, 1.54) is 12.1 Å². The molecule has 3 rings (SSSR count). The Morgan fingerprint density at radius 1 is 1.05 bits per heavy atom. The molecular formula is C17H13FN2O2. The van der Waals surface area contributed by atoms with Gasteiger partial charge in [0.25, 0.3) is 0 Å². The Kier molecular flexibility index (Phi) is 3.70. The average molecular weight is 296 g/mol. The van der Waals surface area contributed by atoms with Gasteiger partial charge in [0.2, 0.25) is 0 Å². The maximum Gasteiger partial charge on any atom is 0.323 e. The van der Waals surface area contributed by atoms with Crippen LogP contribution in [-0.4, -0.2) is 20.6 Å². The molecule has 0 aliphatic heterocycles. The summed E-state index contributed by atoms with van der Waals surface area (Å²) in [6.07, 6.45) is 1.67. The van der Waals surface area contributed by atoms with Crippen molar-refractivity contribution in [2.75, 3.05) is 0 Å². The number of aliphatic carboxylic acids is 1. The van der Waals surface area contributed by atoms with Crippen molar-refractivity contribution in [2.45, 2.75) is 6.54 Å². The zero-order chi connectivity index (χ0) is 15.5. The number of benzene rings is 2. The summed E-state index contributed by atoms with van der Waals surface area (Å²) >= 11 is 0. The normalized spacial score (nSPS) is 10.6. The summed E-state index contributed by atoms with van der Waals surface area (Å²) in [5.41, 5.74) is 2.18. The molecule has 22 heavy (non-hydrogen) atoms. The number of hydrogen-bond acceptors (Lipinski definition) is 2. The fourth-order valence-electron chi connectivity index (χ4n) is 2.26. The van der Waals surface area contributed by atoms with Crippen LogP contribution in [0.4, 0.5) is 4.39 Å². The second kappa shape index (κ2) is 5.81. The highest BCUT2D eigenvalue weighted by molar-refractivity contribution is 5.70. The molecule has 5 heteroatoms. The van der Waals surface area contributed by atoms with Crippen LogP contribution in [0.1, 0.15) is 0 Å². The lowest BCUT2D eigenvalue weighted by atomic mass is 10.2. The van der Waals surface area contributed by atoms with Gasteiger partial charge in [0.05, 0.1) is 5.69 Å². The van der Waals surface area contributed by atoms with Crippen LogP contribution in [0, 0.1) is 5.82 Å². The van der Waals surface area contributed by atoms with E-state index in [1.807, 2.05) is 30.3 Å². The molecule has 1 N–H and O–H groups in total. The monoisotopic (exact) mass is 296 g/mol. The zero-order valence-corrected chi connectivity index (χ0v) is 11.6.